The van der Waals surface area contributed by atoms with Crippen molar-refractivity contribution in [2.45, 2.75) is 5.03 Å². The molecule has 16 heavy (non-hydrogen) atoms. The SMILES string of the molecule is COc1ccc(-[n+]2noc([O-])c2SC)cc1. The molecule has 84 valence electrons. The lowest BCUT2D eigenvalue weighted by molar-refractivity contribution is -0.705. The van der Waals surface area contributed by atoms with Crippen LogP contribution in [0, 0.1) is 0 Å². The fourth-order valence-corrected chi connectivity index (χ4v) is 1.81. The summed E-state index contributed by atoms with van der Waals surface area (Å²) in [5.74, 6) is 0.323. The number of ether oxygens (including phenoxy) is 1. The molecule has 1 aromatic carbocycles. The van der Waals surface area contributed by atoms with Crippen LogP contribution in [0.2, 0.25) is 0 Å². The Labute approximate surface area is 96.6 Å². The summed E-state index contributed by atoms with van der Waals surface area (Å²) in [5.41, 5.74) is 0.760. The van der Waals surface area contributed by atoms with E-state index in [1.165, 1.54) is 16.4 Å². The second kappa shape index (κ2) is 4.44. The van der Waals surface area contributed by atoms with Gasteiger partial charge in [-0.15, -0.1) is 0 Å². The highest BCUT2D eigenvalue weighted by atomic mass is 32.2. The van der Waals surface area contributed by atoms with Crippen LogP contribution in [0.15, 0.2) is 33.8 Å². The first kappa shape index (κ1) is 10.8. The Kier molecular flexibility index (Phi) is 3.00. The van der Waals surface area contributed by atoms with Gasteiger partial charge in [-0.1, -0.05) is 11.8 Å². The van der Waals surface area contributed by atoms with Gasteiger partial charge in [0.25, 0.3) is 5.03 Å². The molecule has 0 aliphatic heterocycles. The van der Waals surface area contributed by atoms with E-state index in [9.17, 15) is 5.11 Å². The number of methoxy groups -OCH3 is 1. The molecule has 6 heteroatoms. The van der Waals surface area contributed by atoms with Crippen LogP contribution in [0.4, 0.5) is 0 Å². The van der Waals surface area contributed by atoms with E-state index < -0.39 is 5.95 Å². The number of aromatic nitrogens is 2. The molecule has 0 unspecified atom stereocenters. The van der Waals surface area contributed by atoms with Gasteiger partial charge in [0.2, 0.25) is 5.69 Å². The van der Waals surface area contributed by atoms with E-state index in [2.05, 4.69) is 9.79 Å². The van der Waals surface area contributed by atoms with E-state index in [4.69, 9.17) is 4.74 Å². The summed E-state index contributed by atoms with van der Waals surface area (Å²) < 4.78 is 11.1. The summed E-state index contributed by atoms with van der Waals surface area (Å²) in [4.78, 5) is 0. The Balaban J connectivity index is 2.42. The fraction of sp³-hybridized carbons (Fsp3) is 0.200. The molecule has 0 saturated carbocycles. The van der Waals surface area contributed by atoms with Gasteiger partial charge < -0.3 is 14.4 Å². The minimum atomic E-state index is -0.427. The Hall–Kier alpha value is -1.69. The van der Waals surface area contributed by atoms with E-state index in [-0.39, 0.29) is 0 Å². The molecule has 1 heterocycles. The highest BCUT2D eigenvalue weighted by molar-refractivity contribution is 7.98. The lowest BCUT2D eigenvalue weighted by Gasteiger charge is -1.97. The second-order valence-electron chi connectivity index (χ2n) is 2.98. The van der Waals surface area contributed by atoms with Crippen molar-refractivity contribution in [2.24, 2.45) is 0 Å². The van der Waals surface area contributed by atoms with Gasteiger partial charge in [-0.3, -0.25) is 0 Å². The third-order valence-electron chi connectivity index (χ3n) is 2.08. The number of hydrogen-bond acceptors (Lipinski definition) is 5. The molecule has 2 rings (SSSR count). The molecule has 0 saturated heterocycles. The maximum atomic E-state index is 11.3. The largest absolute Gasteiger partial charge is 0.538 e. The fourth-order valence-electron chi connectivity index (χ4n) is 1.30. The number of rotatable bonds is 3. The van der Waals surface area contributed by atoms with Crippen LogP contribution in [0.3, 0.4) is 0 Å². The quantitative estimate of drug-likeness (QED) is 0.583. The highest BCUT2D eigenvalue weighted by Gasteiger charge is 2.19. The zero-order valence-electron chi connectivity index (χ0n) is 8.84. The third-order valence-corrected chi connectivity index (χ3v) is 2.81. The first-order valence-electron chi connectivity index (χ1n) is 4.53. The van der Waals surface area contributed by atoms with Gasteiger partial charge in [0.15, 0.2) is 5.95 Å². The van der Waals surface area contributed by atoms with Crippen LogP contribution < -0.4 is 14.5 Å². The van der Waals surface area contributed by atoms with Crippen molar-refractivity contribution in [3.63, 3.8) is 0 Å². The summed E-state index contributed by atoms with van der Waals surface area (Å²) >= 11 is 1.30. The molecular weight excluding hydrogens is 228 g/mol. The van der Waals surface area contributed by atoms with Crippen LogP contribution >= 0.6 is 11.8 Å². The molecule has 0 aliphatic carbocycles. The Morgan fingerprint density at radius 1 is 1.38 bits per heavy atom. The summed E-state index contributed by atoms with van der Waals surface area (Å²) in [6, 6.07) is 7.21. The van der Waals surface area contributed by atoms with E-state index in [0.29, 0.717) is 5.03 Å². The first-order chi connectivity index (χ1) is 7.76. The van der Waals surface area contributed by atoms with Crippen LogP contribution in [-0.4, -0.2) is 18.6 Å². The van der Waals surface area contributed by atoms with Crippen molar-refractivity contribution in [1.29, 1.82) is 0 Å². The molecule has 0 radical (unpaired) electrons. The lowest BCUT2D eigenvalue weighted by atomic mass is 10.3. The molecule has 5 nitrogen and oxygen atoms in total. The summed E-state index contributed by atoms with van der Waals surface area (Å²) in [6.45, 7) is 0. The van der Waals surface area contributed by atoms with Gasteiger partial charge in [0, 0.05) is 12.1 Å². The van der Waals surface area contributed by atoms with Gasteiger partial charge in [-0.25, -0.2) is 0 Å². The van der Waals surface area contributed by atoms with Gasteiger partial charge in [-0.05, 0) is 23.1 Å². The maximum absolute atomic E-state index is 11.3. The molecule has 0 spiro atoms. The smallest absolute Gasteiger partial charge is 0.297 e. The average Bonchev–Trinajstić information content (AvgIpc) is 2.70. The second-order valence-corrected chi connectivity index (χ2v) is 3.77. The predicted octanol–water partition coefficient (Wildman–Crippen LogP) is 0.755. The van der Waals surface area contributed by atoms with Crippen LogP contribution in [0.1, 0.15) is 0 Å². The Morgan fingerprint density at radius 2 is 2.06 bits per heavy atom. The molecule has 0 aliphatic rings. The van der Waals surface area contributed by atoms with Gasteiger partial charge >= 0.3 is 0 Å². The van der Waals surface area contributed by atoms with E-state index >= 15 is 0 Å². The van der Waals surface area contributed by atoms with Crippen molar-refractivity contribution in [1.82, 2.24) is 5.27 Å². The van der Waals surface area contributed by atoms with Crippen LogP contribution in [0.5, 0.6) is 11.7 Å². The van der Waals surface area contributed by atoms with Gasteiger partial charge in [0.1, 0.15) is 5.75 Å². The average molecular weight is 238 g/mol. The van der Waals surface area contributed by atoms with Gasteiger partial charge in [-0.2, -0.15) is 0 Å². The zero-order chi connectivity index (χ0) is 11.5. The third kappa shape index (κ3) is 1.83. The highest BCUT2D eigenvalue weighted by Crippen LogP contribution is 2.20. The van der Waals surface area contributed by atoms with Crippen molar-refractivity contribution in [3.05, 3.63) is 24.3 Å². The molecule has 0 amide bonds. The number of thioether (sulfide) groups is 1. The molecule has 0 fully saturated rings. The molecule has 0 N–H and O–H groups in total. The molecule has 2 aromatic rings. The Morgan fingerprint density at radius 3 is 2.62 bits per heavy atom. The number of hydrogen-bond donors (Lipinski definition) is 0. The van der Waals surface area contributed by atoms with E-state index in [1.807, 2.05) is 0 Å². The molecule has 1 aromatic heterocycles. The predicted molar refractivity (Wildman–Crippen MR) is 55.8 cm³/mol. The number of nitrogens with zero attached hydrogens (tertiary/aromatic N) is 2. The van der Waals surface area contributed by atoms with E-state index in [1.54, 1.807) is 37.6 Å². The zero-order valence-corrected chi connectivity index (χ0v) is 9.65. The molecule has 0 atom stereocenters. The first-order valence-corrected chi connectivity index (χ1v) is 5.76. The minimum Gasteiger partial charge on any atom is -0.538 e. The standard InChI is InChI=1S/C10H10N2O3S/c1-14-8-5-3-7(4-6-8)12-9(16-2)10(13)15-11-12/h3-6H,1-2H3. The van der Waals surface area contributed by atoms with Crippen molar-refractivity contribution < 1.29 is 19.0 Å². The lowest BCUT2D eigenvalue weighted by Crippen LogP contribution is -2.34. The van der Waals surface area contributed by atoms with Gasteiger partial charge in [0.05, 0.1) is 12.4 Å². The normalized spacial score (nSPS) is 10.4. The summed E-state index contributed by atoms with van der Waals surface area (Å²) in [7, 11) is 1.60. The molecule has 0 bridgehead atoms. The number of benzene rings is 1. The summed E-state index contributed by atoms with van der Waals surface area (Å²) in [6.07, 6.45) is 1.80. The Bertz CT molecular complexity index is 481. The van der Waals surface area contributed by atoms with Crippen molar-refractivity contribution in [3.8, 4) is 17.4 Å². The monoisotopic (exact) mass is 238 g/mol. The van der Waals surface area contributed by atoms with Crippen LogP contribution in [0.25, 0.3) is 5.69 Å². The maximum Gasteiger partial charge on any atom is 0.297 e. The van der Waals surface area contributed by atoms with Crippen molar-refractivity contribution in [2.75, 3.05) is 13.4 Å². The summed E-state index contributed by atoms with van der Waals surface area (Å²) in [5, 5.41) is 15.4. The minimum absolute atomic E-state index is 0.427. The van der Waals surface area contributed by atoms with Crippen molar-refractivity contribution >= 4 is 11.8 Å². The van der Waals surface area contributed by atoms with E-state index in [0.717, 1.165) is 11.4 Å². The van der Waals surface area contributed by atoms with Crippen LogP contribution in [-0.2, 0) is 0 Å². The molecular formula is C10H10N2O3S. The topological polar surface area (TPSA) is 62.2 Å².